The fraction of sp³-hybridized carbons (Fsp3) is 0.200. The normalized spacial score (nSPS) is 12.2. The summed E-state index contributed by atoms with van der Waals surface area (Å²) in [6.45, 7) is 4.24. The molecule has 1 rings (SSSR count). The van der Waals surface area contributed by atoms with Gasteiger partial charge in [-0.25, -0.2) is 0 Å². The first kappa shape index (κ1) is 9.23. The van der Waals surface area contributed by atoms with Crippen molar-refractivity contribution in [2.75, 3.05) is 0 Å². The van der Waals surface area contributed by atoms with Crippen LogP contribution in [0.15, 0.2) is 36.0 Å². The molecule has 1 aromatic carbocycles. The van der Waals surface area contributed by atoms with Gasteiger partial charge in [0.25, 0.3) is 0 Å². The highest BCUT2D eigenvalue weighted by atomic mass is 28.3. The van der Waals surface area contributed by atoms with Crippen molar-refractivity contribution in [3.8, 4) is 0 Å². The van der Waals surface area contributed by atoms with Crippen LogP contribution in [0.1, 0.15) is 5.56 Å². The summed E-state index contributed by atoms with van der Waals surface area (Å²) in [5, 5.41) is 5.94. The van der Waals surface area contributed by atoms with E-state index in [2.05, 4.69) is 37.0 Å². The summed E-state index contributed by atoms with van der Waals surface area (Å²) in [5.41, 5.74) is 3.37. The summed E-state index contributed by atoms with van der Waals surface area (Å²) in [7, 11) is -1.52. The van der Waals surface area contributed by atoms with Crippen LogP contribution >= 0.6 is 0 Å². The second-order valence-electron chi connectivity index (χ2n) is 3.57. The van der Waals surface area contributed by atoms with Gasteiger partial charge in [0.15, 0.2) is 0 Å². The Labute approximate surface area is 75.0 Å². The molecule has 12 heavy (non-hydrogen) atoms. The number of nitrogens with two attached hydrogens (primary N) is 1. The van der Waals surface area contributed by atoms with Crippen LogP contribution < -0.4 is 5.40 Å². The van der Waals surface area contributed by atoms with Crippen molar-refractivity contribution in [1.29, 1.82) is 0 Å². The molecule has 1 nitrogen and oxygen atoms in total. The van der Waals surface area contributed by atoms with E-state index in [1.165, 1.54) is 5.56 Å². The van der Waals surface area contributed by atoms with E-state index in [4.69, 9.17) is 5.40 Å². The minimum absolute atomic E-state index is 1.23. The van der Waals surface area contributed by atoms with E-state index < -0.39 is 8.24 Å². The van der Waals surface area contributed by atoms with Gasteiger partial charge in [-0.3, -0.25) is 0 Å². The highest BCUT2D eigenvalue weighted by molar-refractivity contribution is 6.79. The standard InChI is InChI=1S/C10H15NSi/c1-12(2,11)9-8-10-6-4-3-5-7-10/h3-9H,11H2,1-2H3. The molecule has 0 heterocycles. The van der Waals surface area contributed by atoms with Crippen LogP contribution in [0.2, 0.25) is 13.1 Å². The molecule has 0 fully saturated rings. The molecule has 0 amide bonds. The van der Waals surface area contributed by atoms with E-state index in [1.54, 1.807) is 0 Å². The maximum Gasteiger partial charge on any atom is 0.141 e. The van der Waals surface area contributed by atoms with E-state index in [9.17, 15) is 0 Å². The lowest BCUT2D eigenvalue weighted by Crippen LogP contribution is -2.35. The SMILES string of the molecule is C[Si](C)(N)C=Cc1ccccc1. The molecule has 1 aromatic rings. The van der Waals surface area contributed by atoms with Gasteiger partial charge in [0, 0.05) is 0 Å². The average Bonchev–Trinajstić information content (AvgIpc) is 2.02. The van der Waals surface area contributed by atoms with Gasteiger partial charge < -0.3 is 5.40 Å². The molecule has 0 atom stereocenters. The molecule has 0 aliphatic rings. The molecule has 0 aliphatic carbocycles. The quantitative estimate of drug-likeness (QED) is 0.690. The molecule has 0 aliphatic heterocycles. The van der Waals surface area contributed by atoms with Gasteiger partial charge in [-0.2, -0.15) is 0 Å². The average molecular weight is 177 g/mol. The van der Waals surface area contributed by atoms with Crippen LogP contribution in [0.4, 0.5) is 0 Å². The fourth-order valence-electron chi connectivity index (χ4n) is 0.875. The zero-order valence-corrected chi connectivity index (χ0v) is 8.62. The van der Waals surface area contributed by atoms with Crippen molar-refractivity contribution in [1.82, 2.24) is 0 Å². The van der Waals surface area contributed by atoms with E-state index in [-0.39, 0.29) is 0 Å². The molecule has 0 bridgehead atoms. The maximum absolute atomic E-state index is 5.94. The number of hydrogen-bond acceptors (Lipinski definition) is 1. The van der Waals surface area contributed by atoms with E-state index >= 15 is 0 Å². The lowest BCUT2D eigenvalue weighted by molar-refractivity contribution is 1.62. The summed E-state index contributed by atoms with van der Waals surface area (Å²) in [6, 6.07) is 10.2. The van der Waals surface area contributed by atoms with Crippen molar-refractivity contribution in [2.24, 2.45) is 5.40 Å². The zero-order chi connectivity index (χ0) is 9.03. The monoisotopic (exact) mass is 177 g/mol. The largest absolute Gasteiger partial charge is 0.348 e. The van der Waals surface area contributed by atoms with Gasteiger partial charge in [-0.1, -0.05) is 55.2 Å². The van der Waals surface area contributed by atoms with Gasteiger partial charge in [-0.15, -0.1) is 0 Å². The van der Waals surface area contributed by atoms with Crippen LogP contribution in [-0.4, -0.2) is 8.24 Å². The Morgan fingerprint density at radius 2 is 1.75 bits per heavy atom. The third-order valence-electron chi connectivity index (χ3n) is 1.50. The molecule has 0 unspecified atom stereocenters. The smallest absolute Gasteiger partial charge is 0.141 e. The first-order chi connectivity index (χ1) is 5.58. The molecule has 2 heteroatoms. The van der Waals surface area contributed by atoms with Gasteiger partial charge in [0.2, 0.25) is 0 Å². The van der Waals surface area contributed by atoms with Crippen molar-refractivity contribution in [3.05, 3.63) is 41.6 Å². The summed E-state index contributed by atoms with van der Waals surface area (Å²) in [4.78, 5) is 0. The second-order valence-corrected chi connectivity index (χ2v) is 7.54. The van der Waals surface area contributed by atoms with Crippen molar-refractivity contribution in [3.63, 3.8) is 0 Å². The van der Waals surface area contributed by atoms with E-state index in [1.807, 2.05) is 18.2 Å². The predicted molar refractivity (Wildman–Crippen MR) is 57.1 cm³/mol. The molecule has 2 N–H and O–H groups in total. The lowest BCUT2D eigenvalue weighted by Gasteiger charge is -2.07. The van der Waals surface area contributed by atoms with Crippen LogP contribution in [-0.2, 0) is 0 Å². The molecule has 0 radical (unpaired) electrons. The molecular formula is C10H15NSi. The molecule has 0 saturated heterocycles. The van der Waals surface area contributed by atoms with Crippen LogP contribution in [0.5, 0.6) is 0 Å². The van der Waals surface area contributed by atoms with E-state index in [0.717, 1.165) is 0 Å². The Kier molecular flexibility index (Phi) is 2.84. The third-order valence-corrected chi connectivity index (χ3v) is 2.53. The van der Waals surface area contributed by atoms with Gasteiger partial charge in [0.1, 0.15) is 8.24 Å². The molecule has 0 spiro atoms. The van der Waals surface area contributed by atoms with Gasteiger partial charge >= 0.3 is 0 Å². The van der Waals surface area contributed by atoms with E-state index in [0.29, 0.717) is 0 Å². The first-order valence-corrected chi connectivity index (χ1v) is 7.26. The Morgan fingerprint density at radius 1 is 1.17 bits per heavy atom. The Bertz CT molecular complexity index is 259. The first-order valence-electron chi connectivity index (χ1n) is 4.11. The summed E-state index contributed by atoms with van der Waals surface area (Å²) in [6.07, 6.45) is 2.10. The Hall–Kier alpha value is -0.863. The van der Waals surface area contributed by atoms with Crippen LogP contribution in [0.25, 0.3) is 6.08 Å². The Morgan fingerprint density at radius 3 is 2.25 bits per heavy atom. The van der Waals surface area contributed by atoms with Crippen molar-refractivity contribution < 1.29 is 0 Å². The van der Waals surface area contributed by atoms with Crippen LogP contribution in [0.3, 0.4) is 0 Å². The van der Waals surface area contributed by atoms with Gasteiger partial charge in [-0.05, 0) is 5.56 Å². The molecule has 0 saturated carbocycles. The fourth-order valence-corrected chi connectivity index (χ4v) is 1.50. The number of hydrogen-bond donors (Lipinski definition) is 1. The topological polar surface area (TPSA) is 26.0 Å². The number of rotatable bonds is 2. The number of benzene rings is 1. The van der Waals surface area contributed by atoms with Crippen molar-refractivity contribution >= 4 is 14.3 Å². The van der Waals surface area contributed by atoms with Crippen molar-refractivity contribution in [2.45, 2.75) is 13.1 Å². The minimum Gasteiger partial charge on any atom is -0.348 e. The highest BCUT2D eigenvalue weighted by Gasteiger charge is 2.07. The maximum atomic E-state index is 5.94. The third kappa shape index (κ3) is 3.51. The predicted octanol–water partition coefficient (Wildman–Crippen LogP) is 2.40. The van der Waals surface area contributed by atoms with Gasteiger partial charge in [0.05, 0.1) is 0 Å². The highest BCUT2D eigenvalue weighted by Crippen LogP contribution is 2.03. The summed E-state index contributed by atoms with van der Waals surface area (Å²) in [5.74, 6) is 0. The Balaban J connectivity index is 2.71. The molecular weight excluding hydrogens is 162 g/mol. The zero-order valence-electron chi connectivity index (χ0n) is 7.62. The molecule has 0 aromatic heterocycles. The lowest BCUT2D eigenvalue weighted by atomic mass is 10.2. The minimum atomic E-state index is -1.52. The van der Waals surface area contributed by atoms with Crippen LogP contribution in [0, 0.1) is 0 Å². The summed E-state index contributed by atoms with van der Waals surface area (Å²) < 4.78 is 0. The molecule has 64 valence electrons. The summed E-state index contributed by atoms with van der Waals surface area (Å²) >= 11 is 0. The second kappa shape index (κ2) is 3.69.